The zero-order valence-electron chi connectivity index (χ0n) is 15.5. The van der Waals surface area contributed by atoms with Gasteiger partial charge in [0.15, 0.2) is 0 Å². The van der Waals surface area contributed by atoms with E-state index in [-0.39, 0.29) is 17.8 Å². The summed E-state index contributed by atoms with van der Waals surface area (Å²) in [6, 6.07) is 5.50. The Bertz CT molecular complexity index is 541. The predicted molar refractivity (Wildman–Crippen MR) is 95.6 cm³/mol. The van der Waals surface area contributed by atoms with Crippen LogP contribution < -0.4 is 5.32 Å². The summed E-state index contributed by atoms with van der Waals surface area (Å²) in [4.78, 5) is 28.3. The van der Waals surface area contributed by atoms with Gasteiger partial charge in [0.25, 0.3) is 0 Å². The van der Waals surface area contributed by atoms with Gasteiger partial charge in [0.05, 0.1) is 13.0 Å². The van der Waals surface area contributed by atoms with Gasteiger partial charge in [0, 0.05) is 18.5 Å². The fourth-order valence-corrected chi connectivity index (χ4v) is 2.54. The molecule has 0 aliphatic carbocycles. The van der Waals surface area contributed by atoms with Crippen LogP contribution in [0.5, 0.6) is 0 Å². The van der Waals surface area contributed by atoms with Crippen LogP contribution in [-0.2, 0) is 20.7 Å². The van der Waals surface area contributed by atoms with Gasteiger partial charge < -0.3 is 10.1 Å². The molecule has 0 saturated heterocycles. The zero-order valence-corrected chi connectivity index (χ0v) is 15.5. The fraction of sp³-hybridized carbons (Fsp3) is 0.632. The van der Waals surface area contributed by atoms with E-state index in [0.717, 1.165) is 18.5 Å². The number of carbonyl (C=O) groups is 2. The second kappa shape index (κ2) is 10.1. The van der Waals surface area contributed by atoms with E-state index in [4.69, 9.17) is 4.74 Å². The molecule has 1 aromatic heterocycles. The molecule has 5 nitrogen and oxygen atoms in total. The van der Waals surface area contributed by atoms with Gasteiger partial charge in [-0.05, 0) is 36.8 Å². The van der Waals surface area contributed by atoms with Crippen LogP contribution in [0.4, 0.5) is 5.82 Å². The lowest BCUT2D eigenvalue weighted by molar-refractivity contribution is -0.146. The van der Waals surface area contributed by atoms with Crippen molar-refractivity contribution in [1.29, 1.82) is 0 Å². The van der Waals surface area contributed by atoms with Gasteiger partial charge in [-0.15, -0.1) is 0 Å². The normalized spacial score (nSPS) is 12.3. The van der Waals surface area contributed by atoms with Crippen molar-refractivity contribution in [3.63, 3.8) is 0 Å². The highest BCUT2D eigenvalue weighted by atomic mass is 16.5. The number of rotatable bonds is 9. The maximum Gasteiger partial charge on any atom is 0.309 e. The summed E-state index contributed by atoms with van der Waals surface area (Å²) in [5, 5.41) is 2.83. The Morgan fingerprint density at radius 3 is 2.46 bits per heavy atom. The van der Waals surface area contributed by atoms with E-state index in [0.29, 0.717) is 30.5 Å². The van der Waals surface area contributed by atoms with Gasteiger partial charge in [-0.2, -0.15) is 0 Å². The topological polar surface area (TPSA) is 68.3 Å². The number of ether oxygens (including phenoxy) is 1. The van der Waals surface area contributed by atoms with Crippen molar-refractivity contribution >= 4 is 17.7 Å². The van der Waals surface area contributed by atoms with Crippen LogP contribution >= 0.6 is 0 Å². The monoisotopic (exact) mass is 334 g/mol. The van der Waals surface area contributed by atoms with Gasteiger partial charge >= 0.3 is 5.97 Å². The lowest BCUT2D eigenvalue weighted by Crippen LogP contribution is -2.21. The molecular formula is C19H30N2O3. The Hall–Kier alpha value is -1.91. The van der Waals surface area contributed by atoms with Crippen LogP contribution in [0, 0.1) is 17.8 Å². The summed E-state index contributed by atoms with van der Waals surface area (Å²) in [5.74, 6) is 0.973. The predicted octanol–water partition coefficient (Wildman–Crippen LogP) is 3.83. The summed E-state index contributed by atoms with van der Waals surface area (Å²) in [6.45, 7) is 8.34. The fourth-order valence-electron chi connectivity index (χ4n) is 2.54. The number of nitrogens with one attached hydrogen (secondary N) is 1. The molecular weight excluding hydrogens is 304 g/mol. The number of methoxy groups -OCH3 is 1. The van der Waals surface area contributed by atoms with E-state index in [1.54, 1.807) is 6.07 Å². The summed E-state index contributed by atoms with van der Waals surface area (Å²) in [6.07, 6.45) is 2.60. The SMILES string of the molecule is COC(=O)C(Cc1cccc(NC(=O)CCC(C)C)n1)CC(C)C. The molecule has 1 atom stereocenters. The van der Waals surface area contributed by atoms with Crippen LogP contribution in [-0.4, -0.2) is 24.0 Å². The first-order valence-electron chi connectivity index (χ1n) is 8.65. The molecule has 0 radical (unpaired) electrons. The number of nitrogens with zero attached hydrogens (tertiary/aromatic N) is 1. The molecule has 1 heterocycles. The molecule has 1 aromatic rings. The molecule has 5 heteroatoms. The number of aromatic nitrogens is 1. The molecule has 0 spiro atoms. The van der Waals surface area contributed by atoms with Crippen LogP contribution in [0.15, 0.2) is 18.2 Å². The van der Waals surface area contributed by atoms with Gasteiger partial charge in [0.1, 0.15) is 5.82 Å². The Kier molecular flexibility index (Phi) is 8.44. The second-order valence-corrected chi connectivity index (χ2v) is 7.05. The third-order valence-corrected chi connectivity index (χ3v) is 3.77. The molecule has 1 N–H and O–H groups in total. The Balaban J connectivity index is 2.72. The van der Waals surface area contributed by atoms with E-state index >= 15 is 0 Å². The van der Waals surface area contributed by atoms with E-state index in [1.807, 2.05) is 12.1 Å². The molecule has 0 fully saturated rings. The Labute approximate surface area is 145 Å². The third-order valence-electron chi connectivity index (χ3n) is 3.77. The number of carbonyl (C=O) groups excluding carboxylic acids is 2. The maximum atomic E-state index is 11.9. The van der Waals surface area contributed by atoms with Gasteiger partial charge in [-0.3, -0.25) is 9.59 Å². The van der Waals surface area contributed by atoms with Gasteiger partial charge in [-0.25, -0.2) is 4.98 Å². The molecule has 1 amide bonds. The molecule has 134 valence electrons. The molecule has 0 aliphatic rings. The Morgan fingerprint density at radius 2 is 1.88 bits per heavy atom. The standard InChI is InChI=1S/C19H30N2O3/c1-13(2)9-10-18(22)21-17-8-6-7-16(20-17)12-15(11-14(3)4)19(23)24-5/h6-8,13-15H,9-12H2,1-5H3,(H,20,21,22). The second-order valence-electron chi connectivity index (χ2n) is 7.05. The zero-order chi connectivity index (χ0) is 18.1. The molecule has 24 heavy (non-hydrogen) atoms. The summed E-state index contributed by atoms with van der Waals surface area (Å²) in [7, 11) is 1.41. The molecule has 0 saturated carbocycles. The van der Waals surface area contributed by atoms with E-state index in [9.17, 15) is 9.59 Å². The van der Waals surface area contributed by atoms with Gasteiger partial charge in [-0.1, -0.05) is 33.8 Å². The van der Waals surface area contributed by atoms with E-state index in [2.05, 4.69) is 38.0 Å². The quantitative estimate of drug-likeness (QED) is 0.697. The number of anilines is 1. The molecule has 1 unspecified atom stereocenters. The lowest BCUT2D eigenvalue weighted by Gasteiger charge is -2.16. The van der Waals surface area contributed by atoms with Crippen molar-refractivity contribution < 1.29 is 14.3 Å². The summed E-state index contributed by atoms with van der Waals surface area (Å²) in [5.41, 5.74) is 0.785. The number of esters is 1. The van der Waals surface area contributed by atoms with Crippen molar-refractivity contribution in [3.8, 4) is 0 Å². The van der Waals surface area contributed by atoms with Crippen molar-refractivity contribution in [2.24, 2.45) is 17.8 Å². The van der Waals surface area contributed by atoms with Crippen LogP contribution in [0.1, 0.15) is 52.7 Å². The average Bonchev–Trinajstić information content (AvgIpc) is 2.51. The smallest absolute Gasteiger partial charge is 0.309 e. The highest BCUT2D eigenvalue weighted by Crippen LogP contribution is 2.19. The summed E-state index contributed by atoms with van der Waals surface area (Å²) >= 11 is 0. The van der Waals surface area contributed by atoms with Crippen LogP contribution in [0.2, 0.25) is 0 Å². The molecule has 0 aromatic carbocycles. The number of hydrogen-bond donors (Lipinski definition) is 1. The van der Waals surface area contributed by atoms with Crippen LogP contribution in [0.25, 0.3) is 0 Å². The first kappa shape index (κ1) is 20.1. The van der Waals surface area contributed by atoms with Gasteiger partial charge in [0.2, 0.25) is 5.91 Å². The minimum Gasteiger partial charge on any atom is -0.469 e. The Morgan fingerprint density at radius 1 is 1.17 bits per heavy atom. The minimum atomic E-state index is -0.214. The molecule has 0 bridgehead atoms. The maximum absolute atomic E-state index is 11.9. The average molecular weight is 334 g/mol. The van der Waals surface area contributed by atoms with Crippen molar-refractivity contribution in [2.75, 3.05) is 12.4 Å². The molecule has 0 aliphatic heterocycles. The highest BCUT2D eigenvalue weighted by molar-refractivity contribution is 5.89. The summed E-state index contributed by atoms with van der Waals surface area (Å²) < 4.78 is 4.90. The van der Waals surface area contributed by atoms with E-state index in [1.165, 1.54) is 7.11 Å². The van der Waals surface area contributed by atoms with E-state index < -0.39 is 0 Å². The van der Waals surface area contributed by atoms with Crippen molar-refractivity contribution in [1.82, 2.24) is 4.98 Å². The first-order valence-corrected chi connectivity index (χ1v) is 8.65. The lowest BCUT2D eigenvalue weighted by atomic mass is 9.93. The number of pyridine rings is 1. The van der Waals surface area contributed by atoms with Crippen LogP contribution in [0.3, 0.4) is 0 Å². The van der Waals surface area contributed by atoms with Crippen molar-refractivity contribution in [3.05, 3.63) is 23.9 Å². The highest BCUT2D eigenvalue weighted by Gasteiger charge is 2.21. The number of amides is 1. The number of hydrogen-bond acceptors (Lipinski definition) is 4. The third kappa shape index (κ3) is 7.57. The largest absolute Gasteiger partial charge is 0.469 e. The minimum absolute atomic E-state index is 0.0277. The molecule has 1 rings (SSSR count). The van der Waals surface area contributed by atoms with Crippen molar-refractivity contribution in [2.45, 2.75) is 53.4 Å². The first-order chi connectivity index (χ1) is 11.3.